The Morgan fingerprint density at radius 2 is 2.13 bits per heavy atom. The van der Waals surface area contributed by atoms with Gasteiger partial charge in [0.15, 0.2) is 0 Å². The lowest BCUT2D eigenvalue weighted by molar-refractivity contribution is 0.144. The van der Waals surface area contributed by atoms with Gasteiger partial charge in [0, 0.05) is 36.0 Å². The highest BCUT2D eigenvalue weighted by Crippen LogP contribution is 2.24. The number of ether oxygens (including phenoxy) is 2. The Morgan fingerprint density at radius 1 is 1.22 bits per heavy atom. The first-order valence-electron chi connectivity index (χ1n) is 7.89. The average molecular weight is 379 g/mol. The van der Waals surface area contributed by atoms with E-state index in [2.05, 4.69) is 32.3 Å². The van der Waals surface area contributed by atoms with Gasteiger partial charge in [-0.25, -0.2) is 0 Å². The molecule has 23 heavy (non-hydrogen) atoms. The predicted molar refractivity (Wildman–Crippen MR) is 95.5 cm³/mol. The summed E-state index contributed by atoms with van der Waals surface area (Å²) in [5.41, 5.74) is 2.05. The Morgan fingerprint density at radius 3 is 2.91 bits per heavy atom. The van der Waals surface area contributed by atoms with E-state index in [4.69, 9.17) is 9.47 Å². The SMILES string of the molecule is CCOCCCNCc1cc(Br)ccc1OCc1ccccn1. The summed E-state index contributed by atoms with van der Waals surface area (Å²) in [5, 5.41) is 3.43. The third-order valence-corrected chi connectivity index (χ3v) is 3.78. The number of hydrogen-bond acceptors (Lipinski definition) is 4. The number of rotatable bonds is 10. The molecule has 2 rings (SSSR count). The smallest absolute Gasteiger partial charge is 0.130 e. The van der Waals surface area contributed by atoms with Gasteiger partial charge in [-0.15, -0.1) is 0 Å². The van der Waals surface area contributed by atoms with Crippen LogP contribution in [0.15, 0.2) is 47.1 Å². The summed E-state index contributed by atoms with van der Waals surface area (Å²) in [6.07, 6.45) is 2.78. The predicted octanol–water partition coefficient (Wildman–Crippen LogP) is 3.94. The average Bonchev–Trinajstić information content (AvgIpc) is 2.58. The third kappa shape index (κ3) is 6.69. The van der Waals surface area contributed by atoms with E-state index in [1.165, 1.54) is 0 Å². The molecule has 1 heterocycles. The van der Waals surface area contributed by atoms with Gasteiger partial charge in [0.2, 0.25) is 0 Å². The van der Waals surface area contributed by atoms with Crippen molar-refractivity contribution in [2.24, 2.45) is 0 Å². The first-order chi connectivity index (χ1) is 11.3. The molecule has 2 aromatic rings. The fourth-order valence-corrected chi connectivity index (χ4v) is 2.54. The number of pyridine rings is 1. The van der Waals surface area contributed by atoms with E-state index in [1.54, 1.807) is 6.20 Å². The zero-order valence-corrected chi connectivity index (χ0v) is 15.0. The van der Waals surface area contributed by atoms with Gasteiger partial charge in [0.25, 0.3) is 0 Å². The lowest BCUT2D eigenvalue weighted by Crippen LogP contribution is -2.17. The molecule has 0 bridgehead atoms. The number of benzene rings is 1. The van der Waals surface area contributed by atoms with Crippen LogP contribution in [0, 0.1) is 0 Å². The van der Waals surface area contributed by atoms with Gasteiger partial charge in [-0.3, -0.25) is 4.98 Å². The number of hydrogen-bond donors (Lipinski definition) is 1. The minimum Gasteiger partial charge on any atom is -0.487 e. The van der Waals surface area contributed by atoms with Gasteiger partial charge in [0.1, 0.15) is 12.4 Å². The van der Waals surface area contributed by atoms with Crippen molar-refractivity contribution < 1.29 is 9.47 Å². The number of nitrogens with zero attached hydrogens (tertiary/aromatic N) is 1. The van der Waals surface area contributed by atoms with Crippen LogP contribution in [0.3, 0.4) is 0 Å². The van der Waals surface area contributed by atoms with Gasteiger partial charge >= 0.3 is 0 Å². The molecule has 5 heteroatoms. The largest absolute Gasteiger partial charge is 0.487 e. The van der Waals surface area contributed by atoms with Crippen LogP contribution in [-0.4, -0.2) is 24.7 Å². The Kier molecular flexibility index (Phi) is 8.07. The minimum atomic E-state index is 0.472. The van der Waals surface area contributed by atoms with E-state index in [-0.39, 0.29) is 0 Å². The zero-order valence-electron chi connectivity index (χ0n) is 13.4. The van der Waals surface area contributed by atoms with Gasteiger partial charge in [-0.05, 0) is 50.2 Å². The highest BCUT2D eigenvalue weighted by molar-refractivity contribution is 9.10. The van der Waals surface area contributed by atoms with Crippen LogP contribution in [0.1, 0.15) is 24.6 Å². The summed E-state index contributed by atoms with van der Waals surface area (Å²) in [5.74, 6) is 0.885. The second-order valence-electron chi connectivity index (χ2n) is 5.09. The van der Waals surface area contributed by atoms with Crippen molar-refractivity contribution in [2.45, 2.75) is 26.5 Å². The first kappa shape index (κ1) is 17.9. The molecule has 0 spiro atoms. The maximum atomic E-state index is 5.93. The molecule has 0 unspecified atom stereocenters. The lowest BCUT2D eigenvalue weighted by atomic mass is 10.2. The summed E-state index contributed by atoms with van der Waals surface area (Å²) in [4.78, 5) is 4.28. The molecule has 4 nitrogen and oxygen atoms in total. The molecule has 0 aliphatic heterocycles. The van der Waals surface area contributed by atoms with Crippen LogP contribution in [0.25, 0.3) is 0 Å². The van der Waals surface area contributed by atoms with Crippen molar-refractivity contribution >= 4 is 15.9 Å². The Labute approximate surface area is 146 Å². The fourth-order valence-electron chi connectivity index (χ4n) is 2.13. The van der Waals surface area contributed by atoms with Crippen LogP contribution in [0.2, 0.25) is 0 Å². The molecular weight excluding hydrogens is 356 g/mol. The van der Waals surface area contributed by atoms with E-state index >= 15 is 0 Å². The molecule has 0 saturated carbocycles. The normalized spacial score (nSPS) is 10.7. The molecule has 0 atom stereocenters. The fraction of sp³-hybridized carbons (Fsp3) is 0.389. The topological polar surface area (TPSA) is 43.4 Å². The third-order valence-electron chi connectivity index (χ3n) is 3.29. The Bertz CT molecular complexity index is 578. The van der Waals surface area contributed by atoms with Crippen LogP contribution in [0.4, 0.5) is 0 Å². The van der Waals surface area contributed by atoms with Gasteiger partial charge < -0.3 is 14.8 Å². The second kappa shape index (κ2) is 10.4. The van der Waals surface area contributed by atoms with Gasteiger partial charge in [0.05, 0.1) is 5.69 Å². The van der Waals surface area contributed by atoms with Gasteiger partial charge in [-0.2, -0.15) is 0 Å². The molecule has 0 saturated heterocycles. The summed E-state index contributed by atoms with van der Waals surface area (Å²) in [6.45, 7) is 5.75. The summed E-state index contributed by atoms with van der Waals surface area (Å²) < 4.78 is 12.3. The van der Waals surface area contributed by atoms with Gasteiger partial charge in [-0.1, -0.05) is 22.0 Å². The molecule has 0 radical (unpaired) electrons. The molecule has 0 aliphatic carbocycles. The summed E-state index contributed by atoms with van der Waals surface area (Å²) in [7, 11) is 0. The molecular formula is C18H23BrN2O2. The number of nitrogens with one attached hydrogen (secondary N) is 1. The molecule has 124 valence electrons. The molecule has 1 aromatic carbocycles. The number of halogens is 1. The Balaban J connectivity index is 1.86. The van der Waals surface area contributed by atoms with E-state index < -0.39 is 0 Å². The first-order valence-corrected chi connectivity index (χ1v) is 8.68. The van der Waals surface area contributed by atoms with Crippen molar-refractivity contribution in [3.8, 4) is 5.75 Å². The summed E-state index contributed by atoms with van der Waals surface area (Å²) in [6, 6.07) is 11.9. The summed E-state index contributed by atoms with van der Waals surface area (Å²) >= 11 is 3.52. The highest BCUT2D eigenvalue weighted by atomic mass is 79.9. The standard InChI is InChI=1S/C18H23BrN2O2/c1-2-22-11-5-9-20-13-15-12-16(19)7-8-18(15)23-14-17-6-3-4-10-21-17/h3-4,6-8,10,12,20H,2,5,9,11,13-14H2,1H3. The minimum absolute atomic E-state index is 0.472. The van der Waals surface area contributed by atoms with Crippen molar-refractivity contribution in [2.75, 3.05) is 19.8 Å². The molecule has 0 fully saturated rings. The van der Waals surface area contributed by atoms with E-state index in [0.717, 1.165) is 54.2 Å². The van der Waals surface area contributed by atoms with E-state index in [1.807, 2.05) is 37.3 Å². The Hall–Kier alpha value is -1.43. The quantitative estimate of drug-likeness (QED) is 0.635. The van der Waals surface area contributed by atoms with Crippen LogP contribution < -0.4 is 10.1 Å². The van der Waals surface area contributed by atoms with E-state index in [9.17, 15) is 0 Å². The van der Waals surface area contributed by atoms with Crippen LogP contribution >= 0.6 is 15.9 Å². The lowest BCUT2D eigenvalue weighted by Gasteiger charge is -2.13. The maximum Gasteiger partial charge on any atom is 0.130 e. The van der Waals surface area contributed by atoms with Crippen molar-refractivity contribution in [1.29, 1.82) is 0 Å². The molecule has 1 N–H and O–H groups in total. The molecule has 0 aliphatic rings. The zero-order chi connectivity index (χ0) is 16.3. The van der Waals surface area contributed by atoms with Crippen LogP contribution in [0.5, 0.6) is 5.75 Å². The monoisotopic (exact) mass is 378 g/mol. The molecule has 1 aromatic heterocycles. The van der Waals surface area contributed by atoms with Crippen molar-refractivity contribution in [1.82, 2.24) is 10.3 Å². The number of aromatic nitrogens is 1. The maximum absolute atomic E-state index is 5.93. The van der Waals surface area contributed by atoms with Crippen LogP contribution in [-0.2, 0) is 17.9 Å². The van der Waals surface area contributed by atoms with Crippen molar-refractivity contribution in [3.05, 3.63) is 58.3 Å². The van der Waals surface area contributed by atoms with E-state index in [0.29, 0.717) is 6.61 Å². The highest BCUT2D eigenvalue weighted by Gasteiger charge is 2.05. The molecule has 0 amide bonds. The van der Waals surface area contributed by atoms with Crippen molar-refractivity contribution in [3.63, 3.8) is 0 Å². The second-order valence-corrected chi connectivity index (χ2v) is 6.00.